The van der Waals surface area contributed by atoms with E-state index in [9.17, 15) is 9.59 Å². The molecule has 1 N–H and O–H groups in total. The fourth-order valence-corrected chi connectivity index (χ4v) is 4.60. The number of benzene rings is 2. The monoisotopic (exact) mass is 537 g/mol. The molecule has 10 heteroatoms. The summed E-state index contributed by atoms with van der Waals surface area (Å²) < 4.78 is 7.87. The molecule has 1 aliphatic rings. The van der Waals surface area contributed by atoms with Crippen molar-refractivity contribution in [1.29, 1.82) is 0 Å². The molecule has 8 nitrogen and oxygen atoms in total. The SMILES string of the molecule is CN(C(=O)c1ccc(Cl)c(Cl)c1)c1ccc(Oc2ccc3cc(C(=O)N4CCNCC4)n(C)c3c2)nc1. The van der Waals surface area contributed by atoms with E-state index in [2.05, 4.69) is 10.3 Å². The smallest absolute Gasteiger partial charge is 0.270 e. The summed E-state index contributed by atoms with van der Waals surface area (Å²) in [6, 6.07) is 15.8. The van der Waals surface area contributed by atoms with Crippen molar-refractivity contribution in [2.45, 2.75) is 0 Å². The number of hydrogen-bond acceptors (Lipinski definition) is 5. The highest BCUT2D eigenvalue weighted by molar-refractivity contribution is 6.42. The molecule has 1 aliphatic heterocycles. The van der Waals surface area contributed by atoms with Gasteiger partial charge in [-0.15, -0.1) is 0 Å². The number of halogens is 2. The van der Waals surface area contributed by atoms with E-state index < -0.39 is 0 Å². The summed E-state index contributed by atoms with van der Waals surface area (Å²) in [7, 11) is 3.54. The molecule has 5 rings (SSSR count). The first-order chi connectivity index (χ1) is 17.8. The van der Waals surface area contributed by atoms with Gasteiger partial charge in [-0.25, -0.2) is 4.98 Å². The van der Waals surface area contributed by atoms with E-state index in [1.54, 1.807) is 37.5 Å². The molecule has 0 bridgehead atoms. The number of ether oxygens (including phenoxy) is 1. The molecule has 1 saturated heterocycles. The van der Waals surface area contributed by atoms with E-state index in [1.807, 2.05) is 40.8 Å². The second-order valence-electron chi connectivity index (χ2n) is 8.80. The Kier molecular flexibility index (Phi) is 7.06. The Morgan fingerprint density at radius 2 is 1.78 bits per heavy atom. The summed E-state index contributed by atoms with van der Waals surface area (Å²) in [4.78, 5) is 33.6. The zero-order valence-corrected chi connectivity index (χ0v) is 21.9. The standard InChI is InChI=1S/C27H25Cl2N5O3/c1-32(26(35)18-4-7-21(28)22(29)13-18)19-5-8-25(31-16-19)37-20-6-3-17-14-24(33(2)23(17)15-20)27(36)34-11-9-30-10-12-34/h3-8,13-16,30H,9-12H2,1-2H3. The molecule has 37 heavy (non-hydrogen) atoms. The molecule has 2 aromatic carbocycles. The predicted molar refractivity (Wildman–Crippen MR) is 145 cm³/mol. The average Bonchev–Trinajstić information content (AvgIpc) is 3.25. The van der Waals surface area contributed by atoms with Gasteiger partial charge >= 0.3 is 0 Å². The number of nitrogens with one attached hydrogen (secondary N) is 1. The molecule has 0 aliphatic carbocycles. The second kappa shape index (κ2) is 10.4. The number of anilines is 1. The lowest BCUT2D eigenvalue weighted by molar-refractivity contribution is 0.0726. The van der Waals surface area contributed by atoms with Gasteiger partial charge in [0.05, 0.1) is 27.4 Å². The Morgan fingerprint density at radius 1 is 1.00 bits per heavy atom. The van der Waals surface area contributed by atoms with Gasteiger partial charge in [0, 0.05) is 63.4 Å². The second-order valence-corrected chi connectivity index (χ2v) is 9.62. The number of rotatable bonds is 5. The predicted octanol–water partition coefficient (Wildman–Crippen LogP) is 4.99. The Balaban J connectivity index is 1.31. The topological polar surface area (TPSA) is 79.7 Å². The minimum atomic E-state index is -0.241. The van der Waals surface area contributed by atoms with Gasteiger partial charge in [-0.1, -0.05) is 23.2 Å². The fourth-order valence-electron chi connectivity index (χ4n) is 4.30. The van der Waals surface area contributed by atoms with Crippen LogP contribution in [0.3, 0.4) is 0 Å². The Labute approximate surface area is 224 Å². The number of fused-ring (bicyclic) bond motifs is 1. The number of pyridine rings is 1. The van der Waals surface area contributed by atoms with Crippen LogP contribution in [0.1, 0.15) is 20.8 Å². The maximum absolute atomic E-state index is 13.0. The quantitative estimate of drug-likeness (QED) is 0.387. The van der Waals surface area contributed by atoms with E-state index in [-0.39, 0.29) is 11.8 Å². The van der Waals surface area contributed by atoms with Crippen LogP contribution in [0.2, 0.25) is 10.0 Å². The molecule has 2 aromatic heterocycles. The summed E-state index contributed by atoms with van der Waals surface area (Å²) in [6.07, 6.45) is 1.57. The van der Waals surface area contributed by atoms with Crippen LogP contribution in [-0.4, -0.2) is 59.5 Å². The molecule has 4 aromatic rings. The number of aryl methyl sites for hydroxylation is 1. The molecule has 0 radical (unpaired) electrons. The van der Waals surface area contributed by atoms with E-state index in [0.717, 1.165) is 24.0 Å². The molecule has 0 unspecified atom stereocenters. The van der Waals surface area contributed by atoms with Crippen LogP contribution >= 0.6 is 23.2 Å². The summed E-state index contributed by atoms with van der Waals surface area (Å²) in [6.45, 7) is 3.01. The third kappa shape index (κ3) is 5.13. The highest BCUT2D eigenvalue weighted by Gasteiger charge is 2.22. The van der Waals surface area contributed by atoms with Crippen LogP contribution in [0, 0.1) is 0 Å². The van der Waals surface area contributed by atoms with Crippen LogP contribution in [0.15, 0.2) is 60.8 Å². The van der Waals surface area contributed by atoms with Gasteiger partial charge in [0.1, 0.15) is 11.4 Å². The summed E-state index contributed by atoms with van der Waals surface area (Å²) in [5.74, 6) is 0.758. The van der Waals surface area contributed by atoms with Crippen molar-refractivity contribution in [2.75, 3.05) is 38.1 Å². The highest BCUT2D eigenvalue weighted by atomic mass is 35.5. The largest absolute Gasteiger partial charge is 0.439 e. The van der Waals surface area contributed by atoms with Crippen LogP contribution in [0.4, 0.5) is 5.69 Å². The van der Waals surface area contributed by atoms with Crippen molar-refractivity contribution < 1.29 is 14.3 Å². The Hall–Kier alpha value is -3.59. The first-order valence-corrected chi connectivity index (χ1v) is 12.5. The number of nitrogens with zero attached hydrogens (tertiary/aromatic N) is 4. The molecular formula is C27H25Cl2N5O3. The van der Waals surface area contributed by atoms with Gasteiger partial charge in [-0.3, -0.25) is 9.59 Å². The molecule has 1 fully saturated rings. The number of carbonyl (C=O) groups is 2. The van der Waals surface area contributed by atoms with E-state index in [4.69, 9.17) is 27.9 Å². The lowest BCUT2D eigenvalue weighted by Crippen LogP contribution is -2.46. The van der Waals surface area contributed by atoms with Crippen LogP contribution in [0.25, 0.3) is 10.9 Å². The van der Waals surface area contributed by atoms with E-state index in [1.165, 1.54) is 11.0 Å². The Morgan fingerprint density at radius 3 is 2.49 bits per heavy atom. The van der Waals surface area contributed by atoms with Crippen LogP contribution < -0.4 is 15.0 Å². The molecule has 0 atom stereocenters. The van der Waals surface area contributed by atoms with Gasteiger partial charge in [0.15, 0.2) is 0 Å². The molecule has 3 heterocycles. The minimum Gasteiger partial charge on any atom is -0.439 e. The third-order valence-electron chi connectivity index (χ3n) is 6.44. The fraction of sp³-hybridized carbons (Fsp3) is 0.222. The summed E-state index contributed by atoms with van der Waals surface area (Å²) in [5.41, 5.74) is 2.55. The zero-order chi connectivity index (χ0) is 26.1. The van der Waals surface area contributed by atoms with E-state index in [0.29, 0.717) is 51.7 Å². The molecular weight excluding hydrogens is 513 g/mol. The maximum Gasteiger partial charge on any atom is 0.270 e. The Bertz CT molecular complexity index is 1480. The number of aromatic nitrogens is 2. The van der Waals surface area contributed by atoms with Gasteiger partial charge in [-0.2, -0.15) is 0 Å². The van der Waals surface area contributed by atoms with Gasteiger partial charge in [0.2, 0.25) is 5.88 Å². The van der Waals surface area contributed by atoms with Crippen molar-refractivity contribution in [1.82, 2.24) is 19.8 Å². The van der Waals surface area contributed by atoms with Crippen molar-refractivity contribution in [3.8, 4) is 11.6 Å². The number of amides is 2. The molecule has 0 saturated carbocycles. The van der Waals surface area contributed by atoms with Crippen molar-refractivity contribution >= 4 is 51.6 Å². The van der Waals surface area contributed by atoms with Crippen LogP contribution in [0.5, 0.6) is 11.6 Å². The number of carbonyl (C=O) groups excluding carboxylic acids is 2. The van der Waals surface area contributed by atoms with Crippen LogP contribution in [-0.2, 0) is 7.05 Å². The zero-order valence-electron chi connectivity index (χ0n) is 20.4. The first kappa shape index (κ1) is 25.1. The normalized spacial score (nSPS) is 13.6. The molecule has 190 valence electrons. The number of hydrogen-bond donors (Lipinski definition) is 1. The van der Waals surface area contributed by atoms with Gasteiger partial charge in [-0.05, 0) is 42.5 Å². The third-order valence-corrected chi connectivity index (χ3v) is 7.18. The lowest BCUT2D eigenvalue weighted by atomic mass is 10.2. The van der Waals surface area contributed by atoms with Crippen molar-refractivity contribution in [3.63, 3.8) is 0 Å². The first-order valence-electron chi connectivity index (χ1n) is 11.8. The minimum absolute atomic E-state index is 0.0273. The van der Waals surface area contributed by atoms with Crippen molar-refractivity contribution in [2.24, 2.45) is 7.05 Å². The lowest BCUT2D eigenvalue weighted by Gasteiger charge is -2.27. The molecule has 2 amide bonds. The highest BCUT2D eigenvalue weighted by Crippen LogP contribution is 2.29. The maximum atomic E-state index is 13.0. The number of piperazine rings is 1. The van der Waals surface area contributed by atoms with E-state index >= 15 is 0 Å². The summed E-state index contributed by atoms with van der Waals surface area (Å²) >= 11 is 12.0. The van der Waals surface area contributed by atoms with Gasteiger partial charge in [0.25, 0.3) is 11.8 Å². The summed E-state index contributed by atoms with van der Waals surface area (Å²) in [5, 5.41) is 4.93. The van der Waals surface area contributed by atoms with Gasteiger partial charge < -0.3 is 24.4 Å². The van der Waals surface area contributed by atoms with Crippen molar-refractivity contribution in [3.05, 3.63) is 82.1 Å². The average molecular weight is 538 g/mol. The molecule has 0 spiro atoms.